The normalized spacial score (nSPS) is 15.7. The van der Waals surface area contributed by atoms with E-state index in [1.54, 1.807) is 25.3 Å². The number of alkyl halides is 3. The number of halogens is 3. The van der Waals surface area contributed by atoms with Crippen molar-refractivity contribution in [2.75, 3.05) is 26.2 Å². The topological polar surface area (TPSA) is 91.6 Å². The highest BCUT2D eigenvalue weighted by Gasteiger charge is 2.42. The van der Waals surface area contributed by atoms with Gasteiger partial charge in [0.25, 0.3) is 11.8 Å². The van der Waals surface area contributed by atoms with Crippen LogP contribution in [0.1, 0.15) is 27.8 Å². The number of amides is 1. The molecule has 12 heteroatoms. The number of rotatable bonds is 6. The fourth-order valence-electron chi connectivity index (χ4n) is 3.74. The molecule has 0 aromatic carbocycles. The largest absolute Gasteiger partial charge is 0.491 e. The summed E-state index contributed by atoms with van der Waals surface area (Å²) in [5.74, 6) is 0.282. The third-order valence-corrected chi connectivity index (χ3v) is 5.14. The Morgan fingerprint density at radius 2 is 1.88 bits per heavy atom. The molecule has 33 heavy (non-hydrogen) atoms. The molecule has 3 aromatic rings. The number of ether oxygens (including phenoxy) is 3. The maximum absolute atomic E-state index is 13.2. The molecule has 4 rings (SSSR count). The highest BCUT2D eigenvalue weighted by Crippen LogP contribution is 2.40. The maximum atomic E-state index is 13.2. The molecule has 0 N–H and O–H groups in total. The fraction of sp³-hybridized carbons (Fsp3) is 0.333. The SMILES string of the molecule is COc1cc(-c2cc(C)c3c(n2)[C@@H](OC)N(c2cnn(CC(F)(F)F)c2)C3=O)cnc1OC. The third-order valence-electron chi connectivity index (χ3n) is 5.14. The van der Waals surface area contributed by atoms with Crippen LogP contribution in [-0.2, 0) is 11.3 Å². The minimum Gasteiger partial charge on any atom is -0.491 e. The summed E-state index contributed by atoms with van der Waals surface area (Å²) in [7, 11) is 4.35. The Balaban J connectivity index is 1.75. The number of fused-ring (bicyclic) bond motifs is 1. The molecule has 1 amide bonds. The van der Waals surface area contributed by atoms with Gasteiger partial charge in [-0.3, -0.25) is 14.4 Å². The molecule has 1 atom stereocenters. The number of hydrogen-bond acceptors (Lipinski definition) is 7. The monoisotopic (exact) mass is 463 g/mol. The maximum Gasteiger partial charge on any atom is 0.408 e. The van der Waals surface area contributed by atoms with Gasteiger partial charge in [0.1, 0.15) is 12.2 Å². The molecule has 0 fully saturated rings. The van der Waals surface area contributed by atoms with E-state index < -0.39 is 24.9 Å². The molecular weight excluding hydrogens is 443 g/mol. The molecule has 4 heterocycles. The lowest BCUT2D eigenvalue weighted by molar-refractivity contribution is -0.142. The van der Waals surface area contributed by atoms with Crippen LogP contribution >= 0.6 is 0 Å². The molecule has 1 aliphatic heterocycles. The summed E-state index contributed by atoms with van der Waals surface area (Å²) in [6, 6.07) is 3.43. The Morgan fingerprint density at radius 3 is 2.52 bits per heavy atom. The number of hydrogen-bond donors (Lipinski definition) is 0. The Hall–Kier alpha value is -3.67. The van der Waals surface area contributed by atoms with Crippen molar-refractivity contribution in [2.45, 2.75) is 25.9 Å². The second-order valence-electron chi connectivity index (χ2n) is 7.29. The van der Waals surface area contributed by atoms with Crippen molar-refractivity contribution < 1.29 is 32.2 Å². The summed E-state index contributed by atoms with van der Waals surface area (Å²) >= 11 is 0. The summed E-state index contributed by atoms with van der Waals surface area (Å²) in [5.41, 5.74) is 2.60. The Morgan fingerprint density at radius 1 is 1.12 bits per heavy atom. The van der Waals surface area contributed by atoms with Gasteiger partial charge < -0.3 is 14.2 Å². The van der Waals surface area contributed by atoms with Crippen molar-refractivity contribution in [1.82, 2.24) is 19.7 Å². The van der Waals surface area contributed by atoms with Crippen LogP contribution in [0.2, 0.25) is 0 Å². The first-order valence-corrected chi connectivity index (χ1v) is 9.72. The molecule has 0 radical (unpaired) electrons. The van der Waals surface area contributed by atoms with Crippen LogP contribution in [0.5, 0.6) is 11.6 Å². The standard InChI is InChI=1S/C21H20F3N5O4/c1-11-5-14(12-6-15(31-2)18(32-3)25-7-12)27-17-16(11)19(30)29(20(17)33-4)13-8-26-28(9-13)10-21(22,23)24/h5-9,20H,10H2,1-4H3/t20-/m1/s1. The van der Waals surface area contributed by atoms with E-state index >= 15 is 0 Å². The first kappa shape index (κ1) is 22.5. The highest BCUT2D eigenvalue weighted by atomic mass is 19.4. The molecule has 0 saturated carbocycles. The van der Waals surface area contributed by atoms with Gasteiger partial charge in [-0.2, -0.15) is 18.3 Å². The van der Waals surface area contributed by atoms with Gasteiger partial charge in [0.2, 0.25) is 0 Å². The van der Waals surface area contributed by atoms with Gasteiger partial charge in [0.15, 0.2) is 12.0 Å². The summed E-state index contributed by atoms with van der Waals surface area (Å²) in [4.78, 5) is 23.3. The van der Waals surface area contributed by atoms with Crippen LogP contribution in [0.15, 0.2) is 30.7 Å². The second kappa shape index (κ2) is 8.35. The summed E-state index contributed by atoms with van der Waals surface area (Å²) in [6.07, 6.45) is -1.48. The number of aryl methyl sites for hydroxylation is 1. The summed E-state index contributed by atoms with van der Waals surface area (Å²) in [6.45, 7) is 0.479. The lowest BCUT2D eigenvalue weighted by Gasteiger charge is -2.21. The quantitative estimate of drug-likeness (QED) is 0.552. The van der Waals surface area contributed by atoms with Crippen LogP contribution in [0.3, 0.4) is 0 Å². The second-order valence-corrected chi connectivity index (χ2v) is 7.29. The lowest BCUT2D eigenvalue weighted by Crippen LogP contribution is -2.28. The molecule has 174 valence electrons. The number of aromatic nitrogens is 4. The smallest absolute Gasteiger partial charge is 0.408 e. The van der Waals surface area contributed by atoms with Crippen molar-refractivity contribution in [1.29, 1.82) is 0 Å². The highest BCUT2D eigenvalue weighted by molar-refractivity contribution is 6.11. The van der Waals surface area contributed by atoms with E-state index in [0.717, 1.165) is 10.9 Å². The zero-order valence-corrected chi connectivity index (χ0v) is 18.2. The van der Waals surface area contributed by atoms with Gasteiger partial charge in [-0.1, -0.05) is 0 Å². The van der Waals surface area contributed by atoms with Gasteiger partial charge in [-0.05, 0) is 24.6 Å². The zero-order valence-electron chi connectivity index (χ0n) is 18.2. The Kier molecular flexibility index (Phi) is 5.70. The van der Waals surface area contributed by atoms with Crippen LogP contribution in [0.4, 0.5) is 18.9 Å². The summed E-state index contributed by atoms with van der Waals surface area (Å²) in [5, 5.41) is 3.73. The van der Waals surface area contributed by atoms with Crippen LogP contribution in [-0.4, -0.2) is 53.2 Å². The van der Waals surface area contributed by atoms with Crippen LogP contribution in [0.25, 0.3) is 11.3 Å². The van der Waals surface area contributed by atoms with E-state index in [1.807, 2.05) is 0 Å². The van der Waals surface area contributed by atoms with Crippen molar-refractivity contribution in [3.8, 4) is 22.9 Å². The number of nitrogens with zero attached hydrogens (tertiary/aromatic N) is 5. The van der Waals surface area contributed by atoms with E-state index in [1.165, 1.54) is 32.4 Å². The minimum absolute atomic E-state index is 0.169. The molecule has 0 unspecified atom stereocenters. The molecule has 9 nitrogen and oxygen atoms in total. The Labute approximate surface area is 186 Å². The van der Waals surface area contributed by atoms with Gasteiger partial charge >= 0.3 is 6.18 Å². The van der Waals surface area contributed by atoms with Crippen LogP contribution < -0.4 is 14.4 Å². The van der Waals surface area contributed by atoms with E-state index in [-0.39, 0.29) is 5.69 Å². The number of pyridine rings is 2. The zero-order chi connectivity index (χ0) is 23.9. The first-order valence-electron chi connectivity index (χ1n) is 9.72. The van der Waals surface area contributed by atoms with Gasteiger partial charge in [0, 0.05) is 25.1 Å². The summed E-state index contributed by atoms with van der Waals surface area (Å²) < 4.78 is 54.9. The molecule has 1 aliphatic rings. The van der Waals surface area contributed by atoms with Crippen molar-refractivity contribution in [2.24, 2.45) is 0 Å². The predicted molar refractivity (Wildman–Crippen MR) is 110 cm³/mol. The molecule has 0 bridgehead atoms. The average Bonchev–Trinajstić information content (AvgIpc) is 3.33. The van der Waals surface area contributed by atoms with Gasteiger partial charge in [0.05, 0.1) is 37.4 Å². The van der Waals surface area contributed by atoms with Crippen molar-refractivity contribution in [3.05, 3.63) is 47.5 Å². The van der Waals surface area contributed by atoms with E-state index in [2.05, 4.69) is 15.1 Å². The van der Waals surface area contributed by atoms with E-state index in [9.17, 15) is 18.0 Å². The minimum atomic E-state index is -4.44. The first-order chi connectivity index (χ1) is 15.7. The average molecular weight is 463 g/mol. The molecule has 3 aromatic heterocycles. The van der Waals surface area contributed by atoms with Gasteiger partial charge in [-0.25, -0.2) is 9.97 Å². The molecular formula is C21H20F3N5O4. The lowest BCUT2D eigenvalue weighted by atomic mass is 10.0. The van der Waals surface area contributed by atoms with Crippen LogP contribution in [0, 0.1) is 6.92 Å². The fourth-order valence-corrected chi connectivity index (χ4v) is 3.74. The van der Waals surface area contributed by atoms with E-state index in [0.29, 0.717) is 39.7 Å². The molecule has 0 aliphatic carbocycles. The Bertz CT molecular complexity index is 1210. The number of methoxy groups -OCH3 is 3. The molecule has 0 saturated heterocycles. The predicted octanol–water partition coefficient (Wildman–Crippen LogP) is 3.53. The number of carbonyl (C=O) groups is 1. The number of carbonyl (C=O) groups excluding carboxylic acids is 1. The third kappa shape index (κ3) is 4.09. The number of anilines is 1. The van der Waals surface area contributed by atoms with E-state index in [4.69, 9.17) is 14.2 Å². The van der Waals surface area contributed by atoms with Crippen molar-refractivity contribution >= 4 is 11.6 Å². The molecule has 0 spiro atoms. The van der Waals surface area contributed by atoms with Gasteiger partial charge in [-0.15, -0.1) is 0 Å². The van der Waals surface area contributed by atoms with Crippen molar-refractivity contribution in [3.63, 3.8) is 0 Å².